The monoisotopic (exact) mass is 314 g/mol. The molecule has 2 aromatic heterocycles. The van der Waals surface area contributed by atoms with Gasteiger partial charge < -0.3 is 9.30 Å². The Morgan fingerprint density at radius 3 is 2.46 bits per heavy atom. The zero-order valence-corrected chi connectivity index (χ0v) is 13.5. The van der Waals surface area contributed by atoms with Gasteiger partial charge in [-0.05, 0) is 41.5 Å². The number of hydrogen-bond acceptors (Lipinski definition) is 2. The topological polar surface area (TPSA) is 27.1 Å². The van der Waals surface area contributed by atoms with Gasteiger partial charge in [0.1, 0.15) is 5.75 Å². The summed E-state index contributed by atoms with van der Waals surface area (Å²) in [5.41, 5.74) is 5.77. The molecule has 0 aliphatic rings. The van der Waals surface area contributed by atoms with Gasteiger partial charge in [0, 0.05) is 12.7 Å². The highest BCUT2D eigenvalue weighted by molar-refractivity contribution is 5.83. The van der Waals surface area contributed by atoms with Crippen molar-refractivity contribution in [3.05, 3.63) is 84.6 Å². The lowest BCUT2D eigenvalue weighted by molar-refractivity contribution is 0.414. The molecule has 0 fully saturated rings. The Kier molecular flexibility index (Phi) is 3.75. The molecule has 0 aliphatic heterocycles. The van der Waals surface area contributed by atoms with Crippen LogP contribution >= 0.6 is 0 Å². The van der Waals surface area contributed by atoms with Crippen LogP contribution in [-0.2, 0) is 6.54 Å². The Bertz CT molecular complexity index is 956. The number of rotatable bonds is 4. The molecule has 24 heavy (non-hydrogen) atoms. The fraction of sp³-hybridized carbons (Fsp3) is 0.0952. The van der Waals surface area contributed by atoms with E-state index < -0.39 is 0 Å². The Hall–Kier alpha value is -3.07. The third-order valence-corrected chi connectivity index (χ3v) is 4.24. The first-order valence-corrected chi connectivity index (χ1v) is 7.98. The van der Waals surface area contributed by atoms with Crippen molar-refractivity contribution in [2.75, 3.05) is 7.11 Å². The van der Waals surface area contributed by atoms with Crippen molar-refractivity contribution >= 4 is 11.0 Å². The van der Waals surface area contributed by atoms with Gasteiger partial charge in [-0.1, -0.05) is 42.5 Å². The maximum atomic E-state index is 5.25. The zero-order valence-electron chi connectivity index (χ0n) is 13.5. The van der Waals surface area contributed by atoms with E-state index in [4.69, 9.17) is 4.74 Å². The SMILES string of the molecule is COc1ccc(Cn2c(-c3ccccc3)cc3ncccc32)cc1. The van der Waals surface area contributed by atoms with E-state index in [1.54, 1.807) is 7.11 Å². The summed E-state index contributed by atoms with van der Waals surface area (Å²) in [5.74, 6) is 0.876. The molecule has 0 aliphatic carbocycles. The standard InChI is InChI=1S/C21H18N2O/c1-24-18-11-9-16(10-12-18)15-23-20-8-5-13-22-19(20)14-21(23)17-6-3-2-4-7-17/h2-14H,15H2,1H3. The van der Waals surface area contributed by atoms with Crippen LogP contribution in [0, 0.1) is 0 Å². The summed E-state index contributed by atoms with van der Waals surface area (Å²) in [4.78, 5) is 4.52. The van der Waals surface area contributed by atoms with Crippen LogP contribution in [0.25, 0.3) is 22.3 Å². The van der Waals surface area contributed by atoms with Gasteiger partial charge in [-0.3, -0.25) is 4.98 Å². The Balaban J connectivity index is 1.83. The average molecular weight is 314 g/mol. The minimum atomic E-state index is 0.795. The van der Waals surface area contributed by atoms with Crippen molar-refractivity contribution < 1.29 is 4.74 Å². The maximum absolute atomic E-state index is 5.25. The second kappa shape index (κ2) is 6.20. The molecular formula is C21H18N2O. The van der Waals surface area contributed by atoms with Gasteiger partial charge in [-0.25, -0.2) is 0 Å². The summed E-state index contributed by atoms with van der Waals surface area (Å²) in [6.07, 6.45) is 1.84. The molecule has 2 heterocycles. The number of benzene rings is 2. The molecule has 2 aromatic carbocycles. The lowest BCUT2D eigenvalue weighted by Gasteiger charge is -2.11. The van der Waals surface area contributed by atoms with Gasteiger partial charge in [0.15, 0.2) is 0 Å². The van der Waals surface area contributed by atoms with E-state index in [2.05, 4.69) is 58.1 Å². The van der Waals surface area contributed by atoms with E-state index in [9.17, 15) is 0 Å². The quantitative estimate of drug-likeness (QED) is 0.543. The molecule has 3 nitrogen and oxygen atoms in total. The lowest BCUT2D eigenvalue weighted by atomic mass is 10.1. The highest BCUT2D eigenvalue weighted by atomic mass is 16.5. The van der Waals surface area contributed by atoms with Crippen molar-refractivity contribution in [2.45, 2.75) is 6.54 Å². The zero-order chi connectivity index (χ0) is 16.4. The highest BCUT2D eigenvalue weighted by Crippen LogP contribution is 2.28. The molecular weight excluding hydrogens is 296 g/mol. The smallest absolute Gasteiger partial charge is 0.118 e. The van der Waals surface area contributed by atoms with Crippen LogP contribution in [-0.4, -0.2) is 16.7 Å². The fourth-order valence-electron chi connectivity index (χ4n) is 3.02. The van der Waals surface area contributed by atoms with Crippen molar-refractivity contribution in [1.82, 2.24) is 9.55 Å². The number of fused-ring (bicyclic) bond motifs is 1. The molecule has 0 amide bonds. The van der Waals surface area contributed by atoms with E-state index in [1.165, 1.54) is 16.8 Å². The van der Waals surface area contributed by atoms with Gasteiger partial charge in [0.25, 0.3) is 0 Å². The van der Waals surface area contributed by atoms with Crippen molar-refractivity contribution in [1.29, 1.82) is 0 Å². The summed E-state index contributed by atoms with van der Waals surface area (Å²) in [6.45, 7) is 0.795. The van der Waals surface area contributed by atoms with Crippen LogP contribution in [0.2, 0.25) is 0 Å². The van der Waals surface area contributed by atoms with Crippen LogP contribution in [0.1, 0.15) is 5.56 Å². The maximum Gasteiger partial charge on any atom is 0.118 e. The van der Waals surface area contributed by atoms with E-state index in [-0.39, 0.29) is 0 Å². The second-order valence-corrected chi connectivity index (χ2v) is 5.74. The molecule has 0 saturated carbocycles. The average Bonchev–Trinajstić information content (AvgIpc) is 3.02. The highest BCUT2D eigenvalue weighted by Gasteiger charge is 2.11. The number of ether oxygens (including phenoxy) is 1. The molecule has 0 bridgehead atoms. The molecule has 0 spiro atoms. The molecule has 0 radical (unpaired) electrons. The van der Waals surface area contributed by atoms with Crippen LogP contribution in [0.3, 0.4) is 0 Å². The number of hydrogen-bond donors (Lipinski definition) is 0. The van der Waals surface area contributed by atoms with Crippen LogP contribution < -0.4 is 4.74 Å². The van der Waals surface area contributed by atoms with Crippen LogP contribution in [0.5, 0.6) is 5.75 Å². The molecule has 3 heteroatoms. The van der Waals surface area contributed by atoms with Crippen molar-refractivity contribution in [3.8, 4) is 17.0 Å². The summed E-state index contributed by atoms with van der Waals surface area (Å²) in [6, 6.07) is 24.9. The third kappa shape index (κ3) is 2.65. The van der Waals surface area contributed by atoms with Crippen molar-refractivity contribution in [2.24, 2.45) is 0 Å². The Morgan fingerprint density at radius 2 is 1.71 bits per heavy atom. The summed E-state index contributed by atoms with van der Waals surface area (Å²) < 4.78 is 7.57. The molecule has 0 unspecified atom stereocenters. The van der Waals surface area contributed by atoms with E-state index in [0.717, 1.165) is 23.3 Å². The summed E-state index contributed by atoms with van der Waals surface area (Å²) in [7, 11) is 1.69. The molecule has 4 rings (SSSR count). The summed E-state index contributed by atoms with van der Waals surface area (Å²) >= 11 is 0. The van der Waals surface area contributed by atoms with Gasteiger partial charge in [-0.2, -0.15) is 0 Å². The van der Waals surface area contributed by atoms with Crippen LogP contribution in [0.4, 0.5) is 0 Å². The predicted molar refractivity (Wildman–Crippen MR) is 97.3 cm³/mol. The molecule has 118 valence electrons. The number of pyridine rings is 1. The Labute approximate surface area is 141 Å². The van der Waals surface area contributed by atoms with Gasteiger partial charge in [0.2, 0.25) is 0 Å². The van der Waals surface area contributed by atoms with Crippen molar-refractivity contribution in [3.63, 3.8) is 0 Å². The number of methoxy groups -OCH3 is 1. The second-order valence-electron chi connectivity index (χ2n) is 5.74. The fourth-order valence-corrected chi connectivity index (χ4v) is 3.02. The van der Waals surface area contributed by atoms with Gasteiger partial charge in [-0.15, -0.1) is 0 Å². The molecule has 4 aromatic rings. The number of nitrogens with zero attached hydrogens (tertiary/aromatic N) is 2. The molecule has 0 atom stereocenters. The van der Waals surface area contributed by atoms with E-state index in [0.29, 0.717) is 0 Å². The largest absolute Gasteiger partial charge is 0.497 e. The van der Waals surface area contributed by atoms with Gasteiger partial charge in [0.05, 0.1) is 23.8 Å². The predicted octanol–water partition coefficient (Wildman–Crippen LogP) is 4.76. The van der Waals surface area contributed by atoms with E-state index in [1.807, 2.05) is 30.5 Å². The van der Waals surface area contributed by atoms with Crippen LogP contribution in [0.15, 0.2) is 79.0 Å². The molecule has 0 saturated heterocycles. The van der Waals surface area contributed by atoms with Gasteiger partial charge >= 0.3 is 0 Å². The lowest BCUT2D eigenvalue weighted by Crippen LogP contribution is -2.01. The molecule has 0 N–H and O–H groups in total. The first kappa shape index (κ1) is 14.5. The first-order chi connectivity index (χ1) is 11.8. The minimum absolute atomic E-state index is 0.795. The van der Waals surface area contributed by atoms with E-state index >= 15 is 0 Å². The minimum Gasteiger partial charge on any atom is -0.497 e. The summed E-state index contributed by atoms with van der Waals surface area (Å²) in [5, 5.41) is 0. The Morgan fingerprint density at radius 1 is 0.917 bits per heavy atom. The third-order valence-electron chi connectivity index (χ3n) is 4.24. The number of aromatic nitrogens is 2. The normalized spacial score (nSPS) is 10.9. The first-order valence-electron chi connectivity index (χ1n) is 7.98.